The molecule has 0 bridgehead atoms. The first-order valence-electron chi connectivity index (χ1n) is 9.02. The molecule has 1 heterocycles. The number of nitrogens with zero attached hydrogens (tertiary/aromatic N) is 1. The van der Waals surface area contributed by atoms with Gasteiger partial charge < -0.3 is 10.5 Å². The van der Waals surface area contributed by atoms with E-state index in [2.05, 4.69) is 6.07 Å². The third kappa shape index (κ3) is 2.92. The maximum absolute atomic E-state index is 13.4. The largest absolute Gasteiger partial charge is 0.496 e. The van der Waals surface area contributed by atoms with Gasteiger partial charge in [-0.3, -0.25) is 0 Å². The Bertz CT molecular complexity index is 940. The second-order valence-corrected chi connectivity index (χ2v) is 8.99. The summed E-state index contributed by atoms with van der Waals surface area (Å²) in [4.78, 5) is 0.416. The summed E-state index contributed by atoms with van der Waals surface area (Å²) in [5.74, 6) is 0.734. The van der Waals surface area contributed by atoms with E-state index in [-0.39, 0.29) is 6.04 Å². The molecule has 4 rings (SSSR count). The Morgan fingerprint density at radius 1 is 1.08 bits per heavy atom. The molecule has 2 aromatic carbocycles. The fourth-order valence-corrected chi connectivity index (χ4v) is 5.78. The van der Waals surface area contributed by atoms with Crippen molar-refractivity contribution in [2.45, 2.75) is 43.2 Å². The maximum Gasteiger partial charge on any atom is 0.243 e. The van der Waals surface area contributed by atoms with Crippen molar-refractivity contribution in [3.05, 3.63) is 58.7 Å². The second-order valence-electron chi connectivity index (χ2n) is 7.08. The minimum Gasteiger partial charge on any atom is -0.496 e. The fraction of sp³-hybridized carbons (Fsp3) is 0.400. The summed E-state index contributed by atoms with van der Waals surface area (Å²) in [5, 5.41) is 0. The topological polar surface area (TPSA) is 72.6 Å². The van der Waals surface area contributed by atoms with E-state index in [1.165, 1.54) is 5.56 Å². The molecule has 2 aliphatic rings. The number of methoxy groups -OCH3 is 1. The highest BCUT2D eigenvalue weighted by Gasteiger charge is 2.33. The lowest BCUT2D eigenvalue weighted by Crippen LogP contribution is -2.37. The molecule has 2 aromatic rings. The summed E-state index contributed by atoms with van der Waals surface area (Å²) in [7, 11) is -1.94. The molecule has 138 valence electrons. The predicted molar refractivity (Wildman–Crippen MR) is 101 cm³/mol. The average Bonchev–Trinajstić information content (AvgIpc) is 2.66. The zero-order chi connectivity index (χ0) is 18.3. The van der Waals surface area contributed by atoms with Crippen molar-refractivity contribution in [2.75, 3.05) is 13.7 Å². The maximum atomic E-state index is 13.4. The van der Waals surface area contributed by atoms with Crippen molar-refractivity contribution >= 4 is 10.0 Å². The van der Waals surface area contributed by atoms with Gasteiger partial charge in [0.25, 0.3) is 0 Å². The van der Waals surface area contributed by atoms with Crippen LogP contribution < -0.4 is 10.5 Å². The van der Waals surface area contributed by atoms with Gasteiger partial charge in [0.15, 0.2) is 0 Å². The minimum absolute atomic E-state index is 0.0521. The molecule has 0 amide bonds. The normalized spacial score (nSPS) is 20.3. The lowest BCUT2D eigenvalue weighted by molar-refractivity contribution is 0.388. The SMILES string of the molecule is COc1ccc(S(=O)(=O)N2CCc3ccccc3C2)c2c1C[C@@H](N)CC2. The molecule has 0 radical (unpaired) electrons. The van der Waals surface area contributed by atoms with E-state index in [0.29, 0.717) is 30.8 Å². The molecule has 5 nitrogen and oxygen atoms in total. The minimum atomic E-state index is -3.55. The number of ether oxygens (including phenoxy) is 1. The smallest absolute Gasteiger partial charge is 0.243 e. The molecule has 6 heteroatoms. The Morgan fingerprint density at radius 3 is 2.62 bits per heavy atom. The molecule has 1 aliphatic carbocycles. The van der Waals surface area contributed by atoms with Crippen LogP contribution in [0.4, 0.5) is 0 Å². The zero-order valence-electron chi connectivity index (χ0n) is 14.9. The Hall–Kier alpha value is -1.89. The zero-order valence-corrected chi connectivity index (χ0v) is 15.8. The second kappa shape index (κ2) is 6.68. The summed E-state index contributed by atoms with van der Waals surface area (Å²) in [6.45, 7) is 0.943. The van der Waals surface area contributed by atoms with Crippen LogP contribution in [0.25, 0.3) is 0 Å². The first-order valence-corrected chi connectivity index (χ1v) is 10.5. The highest BCUT2D eigenvalue weighted by atomic mass is 32.2. The summed E-state index contributed by atoms with van der Waals surface area (Å²) < 4.78 is 33.9. The Morgan fingerprint density at radius 2 is 1.85 bits per heavy atom. The Kier molecular flexibility index (Phi) is 4.50. The van der Waals surface area contributed by atoms with Crippen LogP contribution in [0.1, 0.15) is 28.7 Å². The summed E-state index contributed by atoms with van der Waals surface area (Å²) in [6.07, 6.45) is 2.88. The average molecular weight is 372 g/mol. The van der Waals surface area contributed by atoms with E-state index in [0.717, 1.165) is 35.3 Å². The Labute approximate surface area is 154 Å². The van der Waals surface area contributed by atoms with Crippen LogP contribution >= 0.6 is 0 Å². The van der Waals surface area contributed by atoms with E-state index < -0.39 is 10.0 Å². The number of nitrogens with two attached hydrogens (primary N) is 1. The highest BCUT2D eigenvalue weighted by molar-refractivity contribution is 7.89. The summed E-state index contributed by atoms with van der Waals surface area (Å²) in [6, 6.07) is 11.6. The first kappa shape index (κ1) is 17.5. The van der Waals surface area contributed by atoms with Crippen LogP contribution in [0.3, 0.4) is 0 Å². The molecular formula is C20H24N2O3S. The number of hydrogen-bond donors (Lipinski definition) is 1. The van der Waals surface area contributed by atoms with E-state index in [9.17, 15) is 8.42 Å². The van der Waals surface area contributed by atoms with E-state index in [1.807, 2.05) is 18.2 Å². The van der Waals surface area contributed by atoms with Gasteiger partial charge in [-0.25, -0.2) is 8.42 Å². The van der Waals surface area contributed by atoms with Crippen molar-refractivity contribution < 1.29 is 13.2 Å². The van der Waals surface area contributed by atoms with Crippen LogP contribution in [0.15, 0.2) is 41.3 Å². The molecule has 0 fully saturated rings. The molecule has 1 atom stereocenters. The molecular weight excluding hydrogens is 348 g/mol. The molecule has 0 saturated carbocycles. The number of hydrogen-bond acceptors (Lipinski definition) is 4. The van der Waals surface area contributed by atoms with Crippen LogP contribution in [-0.4, -0.2) is 32.4 Å². The van der Waals surface area contributed by atoms with Crippen molar-refractivity contribution in [2.24, 2.45) is 5.73 Å². The fourth-order valence-electron chi connectivity index (χ4n) is 4.09. The van der Waals surface area contributed by atoms with Crippen molar-refractivity contribution in [3.8, 4) is 5.75 Å². The molecule has 1 aliphatic heterocycles. The lowest BCUT2D eigenvalue weighted by atomic mass is 9.88. The highest BCUT2D eigenvalue weighted by Crippen LogP contribution is 2.36. The number of benzene rings is 2. The third-order valence-corrected chi connectivity index (χ3v) is 7.44. The number of sulfonamides is 1. The Balaban J connectivity index is 1.74. The van der Waals surface area contributed by atoms with Crippen molar-refractivity contribution in [3.63, 3.8) is 0 Å². The lowest BCUT2D eigenvalue weighted by Gasteiger charge is -2.31. The standard InChI is InChI=1S/C20H24N2O3S/c1-25-19-8-9-20(17-7-6-16(21)12-18(17)19)26(23,24)22-11-10-14-4-2-3-5-15(14)13-22/h2-5,8-9,16H,6-7,10-13,21H2,1H3/t16-/m0/s1. The molecule has 26 heavy (non-hydrogen) atoms. The van der Waals surface area contributed by atoms with Crippen LogP contribution in [-0.2, 0) is 35.8 Å². The van der Waals surface area contributed by atoms with Crippen LogP contribution in [0, 0.1) is 0 Å². The van der Waals surface area contributed by atoms with Crippen LogP contribution in [0.2, 0.25) is 0 Å². The summed E-state index contributed by atoms with van der Waals surface area (Å²) in [5.41, 5.74) is 10.3. The third-order valence-electron chi connectivity index (χ3n) is 5.51. The van der Waals surface area contributed by atoms with Gasteiger partial charge in [-0.15, -0.1) is 0 Å². The van der Waals surface area contributed by atoms with Gasteiger partial charge in [0.2, 0.25) is 10.0 Å². The van der Waals surface area contributed by atoms with Crippen molar-refractivity contribution in [1.82, 2.24) is 4.31 Å². The van der Waals surface area contributed by atoms with Crippen molar-refractivity contribution in [1.29, 1.82) is 0 Å². The predicted octanol–water partition coefficient (Wildman–Crippen LogP) is 2.26. The van der Waals surface area contributed by atoms with Gasteiger partial charge in [-0.05, 0) is 54.5 Å². The van der Waals surface area contributed by atoms with E-state index in [4.69, 9.17) is 10.5 Å². The van der Waals surface area contributed by atoms with E-state index >= 15 is 0 Å². The van der Waals surface area contributed by atoms with Gasteiger partial charge in [-0.2, -0.15) is 4.31 Å². The van der Waals surface area contributed by atoms with Gasteiger partial charge in [0.05, 0.1) is 12.0 Å². The first-order chi connectivity index (χ1) is 12.5. The molecule has 0 spiro atoms. The molecule has 2 N–H and O–H groups in total. The quantitative estimate of drug-likeness (QED) is 0.897. The monoisotopic (exact) mass is 372 g/mol. The van der Waals surface area contributed by atoms with Gasteiger partial charge in [0.1, 0.15) is 5.75 Å². The van der Waals surface area contributed by atoms with E-state index in [1.54, 1.807) is 23.5 Å². The summed E-state index contributed by atoms with van der Waals surface area (Å²) >= 11 is 0. The number of rotatable bonds is 3. The van der Waals surface area contributed by atoms with Gasteiger partial charge >= 0.3 is 0 Å². The van der Waals surface area contributed by atoms with Crippen LogP contribution in [0.5, 0.6) is 5.75 Å². The van der Waals surface area contributed by atoms with Gasteiger partial charge in [0, 0.05) is 24.7 Å². The molecule has 0 unspecified atom stereocenters. The molecule has 0 saturated heterocycles. The molecule has 0 aromatic heterocycles. The number of fused-ring (bicyclic) bond motifs is 2. The van der Waals surface area contributed by atoms with Gasteiger partial charge in [-0.1, -0.05) is 24.3 Å².